The van der Waals surface area contributed by atoms with Gasteiger partial charge in [0.25, 0.3) is 10.0 Å². The van der Waals surface area contributed by atoms with Gasteiger partial charge in [0.05, 0.1) is 10.3 Å². The van der Waals surface area contributed by atoms with Gasteiger partial charge < -0.3 is 0 Å². The molecule has 2 aromatic rings. The van der Waals surface area contributed by atoms with Gasteiger partial charge in [-0.25, -0.2) is 13.1 Å². The van der Waals surface area contributed by atoms with Crippen LogP contribution >= 0.6 is 23.2 Å². The SMILES string of the molecule is CC(C)(C(=O)NS(=O)(=O)c1ccc(Cl)cc1)c1cccc(Cl)c1. The average molecular weight is 372 g/mol. The highest BCUT2D eigenvalue weighted by Crippen LogP contribution is 2.26. The third-order valence-corrected chi connectivity index (χ3v) is 5.30. The van der Waals surface area contributed by atoms with Gasteiger partial charge in [-0.15, -0.1) is 0 Å². The fourth-order valence-electron chi connectivity index (χ4n) is 1.93. The molecular weight excluding hydrogens is 357 g/mol. The highest BCUT2D eigenvalue weighted by molar-refractivity contribution is 7.90. The van der Waals surface area contributed by atoms with E-state index in [1.165, 1.54) is 24.3 Å². The van der Waals surface area contributed by atoms with Crippen molar-refractivity contribution < 1.29 is 13.2 Å². The highest BCUT2D eigenvalue weighted by Gasteiger charge is 2.33. The van der Waals surface area contributed by atoms with Gasteiger partial charge in [0, 0.05) is 10.0 Å². The molecule has 1 amide bonds. The van der Waals surface area contributed by atoms with Crippen molar-refractivity contribution >= 4 is 39.1 Å². The van der Waals surface area contributed by atoms with E-state index in [0.717, 1.165) is 0 Å². The Morgan fingerprint density at radius 1 is 1.00 bits per heavy atom. The number of amides is 1. The van der Waals surface area contributed by atoms with Gasteiger partial charge in [-0.3, -0.25) is 4.79 Å². The number of carbonyl (C=O) groups is 1. The summed E-state index contributed by atoms with van der Waals surface area (Å²) in [6.07, 6.45) is 0. The van der Waals surface area contributed by atoms with Crippen LogP contribution < -0.4 is 4.72 Å². The molecule has 0 aromatic heterocycles. The zero-order valence-corrected chi connectivity index (χ0v) is 14.8. The lowest BCUT2D eigenvalue weighted by Crippen LogP contribution is -2.43. The monoisotopic (exact) mass is 371 g/mol. The van der Waals surface area contributed by atoms with Crippen molar-refractivity contribution in [1.82, 2.24) is 4.72 Å². The Hall–Kier alpha value is -1.56. The predicted octanol–water partition coefficient (Wildman–Crippen LogP) is 3.78. The van der Waals surface area contributed by atoms with E-state index in [0.29, 0.717) is 15.6 Å². The lowest BCUT2D eigenvalue weighted by Gasteiger charge is -2.24. The molecule has 0 aliphatic rings. The Labute approximate surface area is 145 Å². The maximum Gasteiger partial charge on any atom is 0.264 e. The fourth-order valence-corrected chi connectivity index (χ4v) is 3.36. The molecule has 4 nitrogen and oxygen atoms in total. The quantitative estimate of drug-likeness (QED) is 0.889. The van der Waals surface area contributed by atoms with Gasteiger partial charge >= 0.3 is 0 Å². The zero-order chi connectivity index (χ0) is 17.3. The molecule has 0 spiro atoms. The number of sulfonamides is 1. The molecule has 0 bridgehead atoms. The van der Waals surface area contributed by atoms with E-state index in [1.807, 2.05) is 0 Å². The average Bonchev–Trinajstić information content (AvgIpc) is 2.47. The Bertz CT molecular complexity index is 831. The second-order valence-electron chi connectivity index (χ2n) is 5.52. The molecule has 0 saturated carbocycles. The van der Waals surface area contributed by atoms with Crippen molar-refractivity contribution in [3.05, 3.63) is 64.1 Å². The molecule has 0 fully saturated rings. The Morgan fingerprint density at radius 2 is 1.61 bits per heavy atom. The molecule has 0 saturated heterocycles. The summed E-state index contributed by atoms with van der Waals surface area (Å²) in [4.78, 5) is 12.4. The lowest BCUT2D eigenvalue weighted by molar-refractivity contribution is -0.123. The van der Waals surface area contributed by atoms with Gasteiger partial charge in [0.2, 0.25) is 5.91 Å². The molecule has 1 N–H and O–H groups in total. The van der Waals surface area contributed by atoms with E-state index in [-0.39, 0.29) is 4.90 Å². The smallest absolute Gasteiger partial charge is 0.264 e. The van der Waals surface area contributed by atoms with Crippen molar-refractivity contribution in [2.45, 2.75) is 24.2 Å². The van der Waals surface area contributed by atoms with Crippen LogP contribution in [0, 0.1) is 0 Å². The molecule has 0 aliphatic heterocycles. The Morgan fingerprint density at radius 3 is 2.17 bits per heavy atom. The zero-order valence-electron chi connectivity index (χ0n) is 12.5. The predicted molar refractivity (Wildman–Crippen MR) is 91.3 cm³/mol. The van der Waals surface area contributed by atoms with Crippen LogP contribution in [0.1, 0.15) is 19.4 Å². The third-order valence-electron chi connectivity index (χ3n) is 3.46. The summed E-state index contributed by atoms with van der Waals surface area (Å²) in [6.45, 7) is 3.26. The number of carbonyl (C=O) groups excluding carboxylic acids is 1. The molecule has 122 valence electrons. The molecule has 2 rings (SSSR count). The van der Waals surface area contributed by atoms with Crippen molar-refractivity contribution in [3.63, 3.8) is 0 Å². The minimum Gasteiger partial charge on any atom is -0.273 e. The van der Waals surface area contributed by atoms with Crippen molar-refractivity contribution in [2.24, 2.45) is 0 Å². The van der Waals surface area contributed by atoms with Gasteiger partial charge in [-0.2, -0.15) is 0 Å². The molecule has 0 atom stereocenters. The summed E-state index contributed by atoms with van der Waals surface area (Å²) in [5.41, 5.74) is -0.446. The van der Waals surface area contributed by atoms with Gasteiger partial charge in [-0.1, -0.05) is 35.3 Å². The van der Waals surface area contributed by atoms with Gasteiger partial charge in [0.1, 0.15) is 0 Å². The summed E-state index contributed by atoms with van der Waals surface area (Å²) >= 11 is 11.7. The largest absolute Gasteiger partial charge is 0.273 e. The minimum atomic E-state index is -3.97. The van der Waals surface area contributed by atoms with Crippen LogP contribution in [0.5, 0.6) is 0 Å². The van der Waals surface area contributed by atoms with Crippen LogP contribution in [-0.2, 0) is 20.2 Å². The van der Waals surface area contributed by atoms with Gasteiger partial charge in [-0.05, 0) is 55.8 Å². The second-order valence-corrected chi connectivity index (χ2v) is 8.08. The first kappa shape index (κ1) is 17.8. The summed E-state index contributed by atoms with van der Waals surface area (Å²) in [7, 11) is -3.97. The first-order valence-electron chi connectivity index (χ1n) is 6.72. The van der Waals surface area contributed by atoms with Crippen molar-refractivity contribution in [2.75, 3.05) is 0 Å². The standard InChI is InChI=1S/C16H15Cl2NO3S/c1-16(2,11-4-3-5-13(18)10-11)15(20)19-23(21,22)14-8-6-12(17)7-9-14/h3-10H,1-2H3,(H,19,20). The minimum absolute atomic E-state index is 0.0304. The second kappa shape index (κ2) is 6.51. The van der Waals surface area contributed by atoms with E-state index in [4.69, 9.17) is 23.2 Å². The summed E-state index contributed by atoms with van der Waals surface area (Å²) in [5.74, 6) is -0.644. The van der Waals surface area contributed by atoms with Crippen LogP contribution in [0.4, 0.5) is 0 Å². The fraction of sp³-hybridized carbons (Fsp3) is 0.188. The van der Waals surface area contributed by atoms with Gasteiger partial charge in [0.15, 0.2) is 0 Å². The third kappa shape index (κ3) is 4.05. The van der Waals surface area contributed by atoms with Crippen LogP contribution in [0.2, 0.25) is 10.0 Å². The topological polar surface area (TPSA) is 63.2 Å². The molecule has 7 heteroatoms. The number of nitrogens with one attached hydrogen (secondary N) is 1. The number of rotatable bonds is 4. The molecule has 0 heterocycles. The molecular formula is C16H15Cl2NO3S. The summed E-state index contributed by atoms with van der Waals surface area (Å²) in [6, 6.07) is 12.3. The van der Waals surface area contributed by atoms with E-state index in [1.54, 1.807) is 38.1 Å². The highest BCUT2D eigenvalue weighted by atomic mass is 35.5. The van der Waals surface area contributed by atoms with Crippen molar-refractivity contribution in [1.29, 1.82) is 0 Å². The molecule has 0 unspecified atom stereocenters. The van der Waals surface area contributed by atoms with Crippen LogP contribution in [0.25, 0.3) is 0 Å². The number of hydrogen-bond acceptors (Lipinski definition) is 3. The summed E-state index contributed by atoms with van der Waals surface area (Å²) in [5, 5.41) is 0.887. The first-order chi connectivity index (χ1) is 10.6. The Kier molecular flexibility index (Phi) is 5.04. The maximum absolute atomic E-state index is 12.5. The normalized spacial score (nSPS) is 12.0. The first-order valence-corrected chi connectivity index (χ1v) is 8.96. The van der Waals surface area contributed by atoms with E-state index in [2.05, 4.69) is 4.72 Å². The van der Waals surface area contributed by atoms with E-state index >= 15 is 0 Å². The maximum atomic E-state index is 12.5. The molecule has 23 heavy (non-hydrogen) atoms. The number of hydrogen-bond donors (Lipinski definition) is 1. The van der Waals surface area contributed by atoms with E-state index in [9.17, 15) is 13.2 Å². The van der Waals surface area contributed by atoms with Crippen molar-refractivity contribution in [3.8, 4) is 0 Å². The van der Waals surface area contributed by atoms with Crippen LogP contribution in [0.15, 0.2) is 53.4 Å². The summed E-state index contributed by atoms with van der Waals surface area (Å²) < 4.78 is 26.7. The Balaban J connectivity index is 2.28. The number of benzene rings is 2. The van der Waals surface area contributed by atoms with E-state index < -0.39 is 21.3 Å². The van der Waals surface area contributed by atoms with Crippen LogP contribution in [-0.4, -0.2) is 14.3 Å². The molecule has 2 aromatic carbocycles. The number of halogens is 2. The molecule has 0 radical (unpaired) electrons. The molecule has 0 aliphatic carbocycles. The van der Waals surface area contributed by atoms with Crippen LogP contribution in [0.3, 0.4) is 0 Å². The lowest BCUT2D eigenvalue weighted by atomic mass is 9.84.